The summed E-state index contributed by atoms with van der Waals surface area (Å²) in [5.41, 5.74) is -0.0552. The van der Waals surface area contributed by atoms with Crippen LogP contribution in [0.25, 0.3) is 0 Å². The summed E-state index contributed by atoms with van der Waals surface area (Å²) in [6.07, 6.45) is 6.49. The summed E-state index contributed by atoms with van der Waals surface area (Å²) in [5.74, 6) is -0.251. The van der Waals surface area contributed by atoms with E-state index in [9.17, 15) is 19.2 Å². The van der Waals surface area contributed by atoms with E-state index >= 15 is 0 Å². The van der Waals surface area contributed by atoms with E-state index in [4.69, 9.17) is 14.2 Å². The average Bonchev–Trinajstić information content (AvgIpc) is 3.50. The Labute approximate surface area is 247 Å². The van der Waals surface area contributed by atoms with Crippen LogP contribution in [-0.2, 0) is 35.1 Å². The largest absolute Gasteiger partial charge is 0.497 e. The number of epoxide rings is 1. The molecule has 1 aromatic carbocycles. The molecule has 5 aliphatic rings. The molecule has 0 spiro atoms. The molecule has 1 saturated carbocycles. The highest BCUT2D eigenvalue weighted by Crippen LogP contribution is 2.33. The normalized spacial score (nSPS) is 27.2. The quantitative estimate of drug-likeness (QED) is 0.277. The van der Waals surface area contributed by atoms with Crippen LogP contribution in [0.15, 0.2) is 24.3 Å². The monoisotopic (exact) mass is 584 g/mol. The molecule has 42 heavy (non-hydrogen) atoms. The number of ketones is 1. The molecule has 1 aliphatic carbocycles. The molecular formula is C31H44N4O7. The maximum absolute atomic E-state index is 13.7. The lowest BCUT2D eigenvalue weighted by Gasteiger charge is -2.46. The fraction of sp³-hybridized carbons (Fsp3) is 0.677. The van der Waals surface area contributed by atoms with Crippen LogP contribution in [0.1, 0.15) is 57.9 Å². The number of ether oxygens (including phenoxy) is 3. The summed E-state index contributed by atoms with van der Waals surface area (Å²) >= 11 is 0. The van der Waals surface area contributed by atoms with Crippen LogP contribution in [-0.4, -0.2) is 97.7 Å². The van der Waals surface area contributed by atoms with Gasteiger partial charge in [-0.15, -0.1) is 0 Å². The summed E-state index contributed by atoms with van der Waals surface area (Å²) in [6, 6.07) is 4.76. The first kappa shape index (κ1) is 30.4. The molecule has 230 valence electrons. The molecule has 0 aromatic heterocycles. The number of nitrogens with zero attached hydrogens (tertiary/aromatic N) is 1. The maximum atomic E-state index is 13.7. The van der Waals surface area contributed by atoms with Gasteiger partial charge in [-0.3, -0.25) is 24.1 Å². The molecule has 0 radical (unpaired) electrons. The van der Waals surface area contributed by atoms with Crippen LogP contribution in [0.3, 0.4) is 0 Å². The molecule has 4 heterocycles. The zero-order chi connectivity index (χ0) is 29.9. The van der Waals surface area contributed by atoms with Gasteiger partial charge in [-0.1, -0.05) is 37.8 Å². The molecule has 2 bridgehead atoms. The van der Waals surface area contributed by atoms with Gasteiger partial charge in [0.25, 0.3) is 0 Å². The van der Waals surface area contributed by atoms with E-state index < -0.39 is 35.5 Å². The van der Waals surface area contributed by atoms with Crippen molar-refractivity contribution in [1.29, 1.82) is 0 Å². The number of hydrogen-bond donors (Lipinski definition) is 3. The van der Waals surface area contributed by atoms with Crippen LogP contribution in [0.5, 0.6) is 5.75 Å². The highest BCUT2D eigenvalue weighted by Gasteiger charge is 2.50. The first-order chi connectivity index (χ1) is 20.1. The standard InChI is InChI=1S/C31H44N4O7/c1-19(32-27(36)17-35-15-23-14-24(16-35)42-23)29(38)34-26(13-21-8-10-22(40-3)11-9-21)30(39)33-25(12-20-6-4-5-7-20)28(37)31(2)18-41-31/h8-11,19-20,23-26H,4-7,12-18H2,1-3H3,(H,32,36)(H,33,39)(H,34,38). The SMILES string of the molecule is COc1ccc(CC(NC(=O)C(C)NC(=O)CN2CC3CC(C2)O3)C(=O)NC(CC2CCCC2)C(=O)C2(C)CO2)cc1. The molecule has 6 atom stereocenters. The zero-order valence-corrected chi connectivity index (χ0v) is 24.9. The molecule has 4 saturated heterocycles. The van der Waals surface area contributed by atoms with Crippen LogP contribution in [0.4, 0.5) is 0 Å². The van der Waals surface area contributed by atoms with Gasteiger partial charge in [0.05, 0.1) is 38.5 Å². The van der Waals surface area contributed by atoms with Gasteiger partial charge in [-0.2, -0.15) is 0 Å². The van der Waals surface area contributed by atoms with E-state index in [1.54, 1.807) is 33.1 Å². The summed E-state index contributed by atoms with van der Waals surface area (Å²) in [7, 11) is 1.58. The molecular weight excluding hydrogens is 540 g/mol. The predicted octanol–water partition coefficient (Wildman–Crippen LogP) is 1.12. The number of nitrogens with one attached hydrogen (secondary N) is 3. The second kappa shape index (κ2) is 13.1. The fourth-order valence-corrected chi connectivity index (χ4v) is 6.33. The Hall–Kier alpha value is -3.02. The second-order valence-electron chi connectivity index (χ2n) is 12.5. The Morgan fingerprint density at radius 3 is 2.21 bits per heavy atom. The number of amides is 3. The van der Waals surface area contributed by atoms with Crippen molar-refractivity contribution in [3.63, 3.8) is 0 Å². The molecule has 11 nitrogen and oxygen atoms in total. The summed E-state index contributed by atoms with van der Waals surface area (Å²) in [6.45, 7) is 5.31. The Bertz CT molecular complexity index is 1130. The van der Waals surface area contributed by atoms with Gasteiger partial charge in [0, 0.05) is 25.9 Å². The van der Waals surface area contributed by atoms with Crippen LogP contribution >= 0.6 is 0 Å². The molecule has 4 aliphatic heterocycles. The highest BCUT2D eigenvalue weighted by molar-refractivity contribution is 5.98. The van der Waals surface area contributed by atoms with E-state index in [-0.39, 0.29) is 36.9 Å². The van der Waals surface area contributed by atoms with E-state index in [0.29, 0.717) is 37.8 Å². The minimum atomic E-state index is -0.955. The van der Waals surface area contributed by atoms with Crippen molar-refractivity contribution in [2.24, 2.45) is 5.92 Å². The molecule has 1 aromatic rings. The number of carbonyl (C=O) groups is 4. The number of fused-ring (bicyclic) bond motifs is 2. The Morgan fingerprint density at radius 1 is 1.00 bits per heavy atom. The minimum absolute atomic E-state index is 0.126. The summed E-state index contributed by atoms with van der Waals surface area (Å²) in [4.78, 5) is 55.1. The lowest BCUT2D eigenvalue weighted by molar-refractivity contribution is -0.181. The van der Waals surface area contributed by atoms with Crippen LogP contribution in [0.2, 0.25) is 0 Å². The number of methoxy groups -OCH3 is 1. The Balaban J connectivity index is 1.23. The average molecular weight is 585 g/mol. The lowest BCUT2D eigenvalue weighted by atomic mass is 9.90. The van der Waals surface area contributed by atoms with Gasteiger partial charge in [-0.05, 0) is 43.9 Å². The van der Waals surface area contributed by atoms with E-state index in [0.717, 1.165) is 37.7 Å². The Morgan fingerprint density at radius 2 is 1.62 bits per heavy atom. The van der Waals surface area contributed by atoms with E-state index in [1.165, 1.54) is 0 Å². The predicted molar refractivity (Wildman–Crippen MR) is 154 cm³/mol. The van der Waals surface area contributed by atoms with Crippen molar-refractivity contribution < 1.29 is 33.4 Å². The summed E-state index contributed by atoms with van der Waals surface area (Å²) in [5, 5.41) is 8.57. The van der Waals surface area contributed by atoms with Gasteiger partial charge >= 0.3 is 0 Å². The number of benzene rings is 1. The lowest BCUT2D eigenvalue weighted by Crippen LogP contribution is -2.60. The summed E-state index contributed by atoms with van der Waals surface area (Å²) < 4.78 is 16.3. The molecule has 3 amide bonds. The number of rotatable bonds is 14. The van der Waals surface area contributed by atoms with Gasteiger partial charge in [0.15, 0.2) is 5.78 Å². The molecule has 11 heteroatoms. The second-order valence-corrected chi connectivity index (χ2v) is 12.5. The maximum Gasteiger partial charge on any atom is 0.243 e. The van der Waals surface area contributed by atoms with Crippen molar-refractivity contribution in [1.82, 2.24) is 20.9 Å². The van der Waals surface area contributed by atoms with Gasteiger partial charge < -0.3 is 30.2 Å². The third kappa shape index (κ3) is 7.67. The van der Waals surface area contributed by atoms with Crippen molar-refractivity contribution in [2.75, 3.05) is 33.4 Å². The number of piperidine rings is 1. The van der Waals surface area contributed by atoms with Gasteiger partial charge in [-0.25, -0.2) is 0 Å². The van der Waals surface area contributed by atoms with Crippen LogP contribution in [0, 0.1) is 5.92 Å². The van der Waals surface area contributed by atoms with E-state index in [1.807, 2.05) is 17.0 Å². The molecule has 6 rings (SSSR count). The van der Waals surface area contributed by atoms with E-state index in [2.05, 4.69) is 16.0 Å². The molecule has 3 N–H and O–H groups in total. The first-order valence-corrected chi connectivity index (χ1v) is 15.2. The van der Waals surface area contributed by atoms with Crippen molar-refractivity contribution in [3.05, 3.63) is 29.8 Å². The molecule has 6 unspecified atom stereocenters. The molecule has 5 fully saturated rings. The zero-order valence-electron chi connectivity index (χ0n) is 24.9. The third-order valence-corrected chi connectivity index (χ3v) is 8.98. The highest BCUT2D eigenvalue weighted by atomic mass is 16.6. The smallest absolute Gasteiger partial charge is 0.243 e. The number of carbonyl (C=O) groups excluding carboxylic acids is 4. The van der Waals surface area contributed by atoms with Crippen molar-refractivity contribution in [2.45, 2.75) is 94.7 Å². The third-order valence-electron chi connectivity index (χ3n) is 8.98. The first-order valence-electron chi connectivity index (χ1n) is 15.2. The Kier molecular flexibility index (Phi) is 9.49. The van der Waals surface area contributed by atoms with Crippen LogP contribution < -0.4 is 20.7 Å². The minimum Gasteiger partial charge on any atom is -0.497 e. The fourth-order valence-electron chi connectivity index (χ4n) is 6.33. The topological polar surface area (TPSA) is 139 Å². The number of Topliss-reactive ketones (excluding diaryl/α,β-unsaturated/α-hetero) is 1. The van der Waals surface area contributed by atoms with Crippen molar-refractivity contribution in [3.8, 4) is 5.75 Å². The number of morpholine rings is 1. The van der Waals surface area contributed by atoms with Gasteiger partial charge in [0.2, 0.25) is 17.7 Å². The number of hydrogen-bond acceptors (Lipinski definition) is 8. The van der Waals surface area contributed by atoms with Gasteiger partial charge in [0.1, 0.15) is 23.4 Å². The van der Waals surface area contributed by atoms with Crippen molar-refractivity contribution >= 4 is 23.5 Å².